The van der Waals surface area contributed by atoms with Gasteiger partial charge in [0.1, 0.15) is 0 Å². The Balaban J connectivity index is 0.000000206. The maximum absolute atomic E-state index is 2.21. The molecule has 2 rings (SSSR count). The average Bonchev–Trinajstić information content (AvgIpc) is 2.63. The number of allylic oxidation sites excluding steroid dienone is 8. The Morgan fingerprint density at radius 2 is 1.92 bits per heavy atom. The Kier molecular flexibility index (Phi) is 5.96. The highest BCUT2D eigenvalue weighted by molar-refractivity contribution is 5.23. The molecule has 13 heavy (non-hydrogen) atoms. The van der Waals surface area contributed by atoms with Crippen molar-refractivity contribution in [3.63, 3.8) is 0 Å². The van der Waals surface area contributed by atoms with E-state index in [0.717, 1.165) is 6.42 Å². The lowest BCUT2D eigenvalue weighted by atomic mass is 10.3. The zero-order chi connectivity index (χ0) is 8.81. The molecule has 0 atom stereocenters. The van der Waals surface area contributed by atoms with Crippen molar-refractivity contribution in [2.24, 2.45) is 0 Å². The number of hydrogen-bond acceptors (Lipinski definition) is 0. The molecule has 0 aliphatic heterocycles. The van der Waals surface area contributed by atoms with Crippen LogP contribution in [-0.2, 0) is 0 Å². The molecule has 2 aliphatic rings. The van der Waals surface area contributed by atoms with Crippen LogP contribution in [0.1, 0.15) is 34.1 Å². The highest BCUT2D eigenvalue weighted by Crippen LogP contribution is 2.06. The van der Waals surface area contributed by atoms with E-state index in [9.17, 15) is 0 Å². The van der Waals surface area contributed by atoms with Crippen molar-refractivity contribution in [3.8, 4) is 0 Å². The second kappa shape index (κ2) is 6.47. The van der Waals surface area contributed by atoms with Crippen LogP contribution in [0, 0.1) is 0 Å². The molecule has 0 unspecified atom stereocenters. The average molecular weight is 176 g/mol. The molecule has 0 heterocycles. The van der Waals surface area contributed by atoms with Crippen molar-refractivity contribution in [2.45, 2.75) is 34.1 Å². The van der Waals surface area contributed by atoms with E-state index in [1.807, 2.05) is 0 Å². The van der Waals surface area contributed by atoms with Crippen LogP contribution in [0.2, 0.25) is 0 Å². The van der Waals surface area contributed by atoms with Gasteiger partial charge in [-0.15, -0.1) is 0 Å². The van der Waals surface area contributed by atoms with Crippen molar-refractivity contribution in [1.29, 1.82) is 0 Å². The summed E-state index contributed by atoms with van der Waals surface area (Å²) < 4.78 is 0. The Morgan fingerprint density at radius 1 is 1.15 bits per heavy atom. The van der Waals surface area contributed by atoms with Gasteiger partial charge in [0.2, 0.25) is 0 Å². The first kappa shape index (κ1) is 12.0. The van der Waals surface area contributed by atoms with Crippen molar-refractivity contribution < 1.29 is 0 Å². The minimum Gasteiger partial charge on any atom is -0.0805 e. The van der Waals surface area contributed by atoms with Gasteiger partial charge in [-0.3, -0.25) is 0 Å². The fourth-order valence-electron chi connectivity index (χ4n) is 1.13. The maximum atomic E-state index is 2.21. The van der Waals surface area contributed by atoms with Gasteiger partial charge in [0.05, 0.1) is 0 Å². The van der Waals surface area contributed by atoms with E-state index >= 15 is 0 Å². The molecule has 0 fully saturated rings. The quantitative estimate of drug-likeness (QED) is 0.512. The lowest BCUT2D eigenvalue weighted by Crippen LogP contribution is -1.58. The van der Waals surface area contributed by atoms with E-state index in [4.69, 9.17) is 0 Å². The van der Waals surface area contributed by atoms with E-state index < -0.39 is 0 Å². The Morgan fingerprint density at radius 3 is 2.08 bits per heavy atom. The van der Waals surface area contributed by atoms with Crippen LogP contribution >= 0.6 is 0 Å². The third kappa shape index (κ3) is 5.24. The highest BCUT2D eigenvalue weighted by atomic mass is 13.9. The predicted molar refractivity (Wildman–Crippen MR) is 61.8 cm³/mol. The summed E-state index contributed by atoms with van der Waals surface area (Å²) in [6.07, 6.45) is 15.2. The molecule has 0 aromatic heterocycles. The largest absolute Gasteiger partial charge is 0.0805 e. The van der Waals surface area contributed by atoms with Gasteiger partial charge < -0.3 is 0 Å². The van der Waals surface area contributed by atoms with E-state index in [1.54, 1.807) is 0 Å². The van der Waals surface area contributed by atoms with Crippen LogP contribution in [0.5, 0.6) is 0 Å². The summed E-state index contributed by atoms with van der Waals surface area (Å²) in [5.41, 5.74) is 2.87. The Bertz CT molecular complexity index is 246. The monoisotopic (exact) mass is 176 g/mol. The van der Waals surface area contributed by atoms with Crippen molar-refractivity contribution >= 4 is 0 Å². The molecule has 0 N–H and O–H groups in total. The summed E-state index contributed by atoms with van der Waals surface area (Å²) >= 11 is 0. The molecule has 0 spiro atoms. The third-order valence-electron chi connectivity index (χ3n) is 1.91. The summed E-state index contributed by atoms with van der Waals surface area (Å²) in [6, 6.07) is 0. The molecule has 2 aliphatic carbocycles. The van der Waals surface area contributed by atoms with Crippen molar-refractivity contribution in [2.75, 3.05) is 0 Å². The van der Waals surface area contributed by atoms with Crippen molar-refractivity contribution in [1.82, 2.24) is 0 Å². The molecular formula is C13H20. The number of rotatable bonds is 0. The van der Waals surface area contributed by atoms with E-state index in [-0.39, 0.29) is 7.43 Å². The normalized spacial score (nSPS) is 17.1. The summed E-state index contributed by atoms with van der Waals surface area (Å²) in [7, 11) is 0. The minimum atomic E-state index is 0. The molecular weight excluding hydrogens is 156 g/mol. The molecule has 0 amide bonds. The summed E-state index contributed by atoms with van der Waals surface area (Å²) in [5.74, 6) is 0. The van der Waals surface area contributed by atoms with Crippen LogP contribution in [-0.4, -0.2) is 0 Å². The van der Waals surface area contributed by atoms with Crippen LogP contribution in [0.4, 0.5) is 0 Å². The first-order chi connectivity index (χ1) is 5.79. The van der Waals surface area contributed by atoms with Gasteiger partial charge in [-0.1, -0.05) is 55.0 Å². The second-order valence-corrected chi connectivity index (χ2v) is 3.23. The zero-order valence-corrected chi connectivity index (χ0v) is 7.88. The number of hydrogen-bond donors (Lipinski definition) is 0. The summed E-state index contributed by atoms with van der Waals surface area (Å²) in [4.78, 5) is 0. The minimum absolute atomic E-state index is 0. The van der Waals surface area contributed by atoms with Gasteiger partial charge >= 0.3 is 0 Å². The predicted octanol–water partition coefficient (Wildman–Crippen LogP) is 4.42. The summed E-state index contributed by atoms with van der Waals surface area (Å²) in [6.45, 7) is 4.25. The van der Waals surface area contributed by atoms with E-state index in [2.05, 4.69) is 50.3 Å². The van der Waals surface area contributed by atoms with Crippen LogP contribution < -0.4 is 0 Å². The Hall–Kier alpha value is -1.04. The fourth-order valence-corrected chi connectivity index (χ4v) is 1.13. The van der Waals surface area contributed by atoms with Gasteiger partial charge in [0.15, 0.2) is 0 Å². The van der Waals surface area contributed by atoms with E-state index in [1.165, 1.54) is 17.6 Å². The molecule has 0 saturated heterocycles. The van der Waals surface area contributed by atoms with Gasteiger partial charge in [0.25, 0.3) is 0 Å². The zero-order valence-electron chi connectivity index (χ0n) is 7.88. The smallest absolute Gasteiger partial charge is 0.0135 e. The molecule has 0 heteroatoms. The van der Waals surface area contributed by atoms with Crippen LogP contribution in [0.15, 0.2) is 47.6 Å². The van der Waals surface area contributed by atoms with Gasteiger partial charge in [-0.05, 0) is 26.7 Å². The summed E-state index contributed by atoms with van der Waals surface area (Å²) in [5, 5.41) is 0. The van der Waals surface area contributed by atoms with Crippen LogP contribution in [0.3, 0.4) is 0 Å². The highest BCUT2D eigenvalue weighted by Gasteiger charge is 1.86. The SMILES string of the molecule is C.CC1=CC=CC1.CC1=CCC=C1. The molecule has 0 aromatic rings. The van der Waals surface area contributed by atoms with Gasteiger partial charge in [-0.2, -0.15) is 0 Å². The van der Waals surface area contributed by atoms with Crippen LogP contribution in [0.25, 0.3) is 0 Å². The van der Waals surface area contributed by atoms with Gasteiger partial charge in [0, 0.05) is 0 Å². The molecule has 0 radical (unpaired) electrons. The molecule has 0 saturated carbocycles. The lowest BCUT2D eigenvalue weighted by Gasteiger charge is -1.78. The molecule has 0 nitrogen and oxygen atoms in total. The van der Waals surface area contributed by atoms with Crippen molar-refractivity contribution in [3.05, 3.63) is 47.6 Å². The molecule has 0 bridgehead atoms. The topological polar surface area (TPSA) is 0 Å². The Labute approximate surface area is 82.4 Å². The van der Waals surface area contributed by atoms with E-state index in [0.29, 0.717) is 0 Å². The fraction of sp³-hybridized carbons (Fsp3) is 0.385. The first-order valence-electron chi connectivity index (χ1n) is 4.44. The lowest BCUT2D eigenvalue weighted by molar-refractivity contribution is 1.25. The molecule has 0 aromatic carbocycles. The standard InChI is InChI=1S/2C6H8.CH4/c2*1-6-4-2-3-5-6;/h2,4-5H,3H2,1H3;2-4H,5H2,1H3;1H4. The maximum Gasteiger partial charge on any atom is -0.0135 e. The molecule has 72 valence electrons. The second-order valence-electron chi connectivity index (χ2n) is 3.23. The van der Waals surface area contributed by atoms with Gasteiger partial charge in [-0.25, -0.2) is 0 Å². The third-order valence-corrected chi connectivity index (χ3v) is 1.91. The first-order valence-corrected chi connectivity index (χ1v) is 4.44.